The molecule has 1 aliphatic heterocycles. The fourth-order valence-electron chi connectivity index (χ4n) is 2.23. The number of halogens is 1. The van der Waals surface area contributed by atoms with Crippen molar-refractivity contribution in [2.24, 2.45) is 0 Å². The van der Waals surface area contributed by atoms with Gasteiger partial charge in [0.25, 0.3) is 5.91 Å². The summed E-state index contributed by atoms with van der Waals surface area (Å²) in [6.07, 6.45) is 1.39. The van der Waals surface area contributed by atoms with Crippen molar-refractivity contribution in [2.45, 2.75) is 0 Å². The van der Waals surface area contributed by atoms with Crippen LogP contribution < -0.4 is 10.2 Å². The molecule has 1 amide bonds. The minimum atomic E-state index is -0.284. The fourth-order valence-corrected chi connectivity index (χ4v) is 2.43. The molecule has 5 nitrogen and oxygen atoms in total. The lowest BCUT2D eigenvalue weighted by Crippen LogP contribution is -2.36. The summed E-state index contributed by atoms with van der Waals surface area (Å²) < 4.78 is 10.2. The van der Waals surface area contributed by atoms with E-state index in [0.717, 1.165) is 32.0 Å². The third-order valence-corrected chi connectivity index (χ3v) is 3.66. The van der Waals surface area contributed by atoms with Gasteiger partial charge in [-0.25, -0.2) is 0 Å². The number of hydrogen-bond acceptors (Lipinski definition) is 4. The van der Waals surface area contributed by atoms with E-state index >= 15 is 0 Å². The van der Waals surface area contributed by atoms with Crippen molar-refractivity contribution < 1.29 is 13.9 Å². The van der Waals surface area contributed by atoms with Gasteiger partial charge in [0, 0.05) is 24.5 Å². The third-order valence-electron chi connectivity index (χ3n) is 3.36. The number of ether oxygens (including phenoxy) is 1. The van der Waals surface area contributed by atoms with Crippen LogP contribution in [0.15, 0.2) is 41.0 Å². The minimum Gasteiger partial charge on any atom is -0.452 e. The normalized spacial score (nSPS) is 15.0. The molecule has 1 saturated heterocycles. The number of carbonyl (C=O) groups is 1. The number of furan rings is 1. The monoisotopic (exact) mass is 306 g/mol. The first kappa shape index (κ1) is 14.0. The van der Waals surface area contributed by atoms with Crippen molar-refractivity contribution in [1.82, 2.24) is 0 Å². The van der Waals surface area contributed by atoms with Crippen LogP contribution in [0.4, 0.5) is 11.4 Å². The van der Waals surface area contributed by atoms with Crippen LogP contribution in [0.25, 0.3) is 0 Å². The Hall–Kier alpha value is -1.98. The molecular formula is C15H15ClN2O3. The van der Waals surface area contributed by atoms with Crippen molar-refractivity contribution >= 4 is 28.9 Å². The Morgan fingerprint density at radius 3 is 2.48 bits per heavy atom. The van der Waals surface area contributed by atoms with Crippen LogP contribution >= 0.6 is 11.6 Å². The minimum absolute atomic E-state index is 0.0948. The molecule has 0 atom stereocenters. The third kappa shape index (κ3) is 3.20. The number of nitrogens with one attached hydrogen (secondary N) is 1. The van der Waals surface area contributed by atoms with Gasteiger partial charge in [-0.05, 0) is 41.9 Å². The van der Waals surface area contributed by atoms with Crippen LogP contribution in [0.3, 0.4) is 0 Å². The van der Waals surface area contributed by atoms with E-state index in [-0.39, 0.29) is 11.1 Å². The van der Waals surface area contributed by atoms with Gasteiger partial charge < -0.3 is 19.4 Å². The Kier molecular flexibility index (Phi) is 4.13. The zero-order chi connectivity index (χ0) is 14.7. The number of carbonyl (C=O) groups excluding carboxylic acids is 1. The van der Waals surface area contributed by atoms with Gasteiger partial charge in [-0.15, -0.1) is 0 Å². The summed E-state index contributed by atoms with van der Waals surface area (Å²) in [5, 5.41) is 2.88. The van der Waals surface area contributed by atoms with Crippen LogP contribution in [0, 0.1) is 0 Å². The molecule has 0 unspecified atom stereocenters. The molecule has 6 heteroatoms. The largest absolute Gasteiger partial charge is 0.452 e. The summed E-state index contributed by atoms with van der Waals surface area (Å²) in [6, 6.07) is 9.25. The lowest BCUT2D eigenvalue weighted by atomic mass is 10.2. The van der Waals surface area contributed by atoms with Crippen LogP contribution in [0.2, 0.25) is 5.22 Å². The van der Waals surface area contributed by atoms with Gasteiger partial charge in [-0.2, -0.15) is 0 Å². The lowest BCUT2D eigenvalue weighted by molar-refractivity contribution is 0.102. The summed E-state index contributed by atoms with van der Waals surface area (Å²) in [4.78, 5) is 14.3. The number of nitrogens with zero attached hydrogens (tertiary/aromatic N) is 1. The van der Waals surface area contributed by atoms with Gasteiger partial charge in [-0.3, -0.25) is 4.79 Å². The highest BCUT2D eigenvalue weighted by molar-refractivity contribution is 6.32. The molecule has 0 spiro atoms. The van der Waals surface area contributed by atoms with Gasteiger partial charge in [-0.1, -0.05) is 0 Å². The van der Waals surface area contributed by atoms with E-state index < -0.39 is 0 Å². The first-order valence-electron chi connectivity index (χ1n) is 6.71. The topological polar surface area (TPSA) is 54.7 Å². The van der Waals surface area contributed by atoms with E-state index in [0.29, 0.717) is 11.3 Å². The Morgan fingerprint density at radius 1 is 1.14 bits per heavy atom. The van der Waals surface area contributed by atoms with Gasteiger partial charge in [0.2, 0.25) is 5.22 Å². The standard InChI is InChI=1S/C15H15ClN2O3/c16-14-13(5-8-21-14)15(19)17-11-1-3-12(4-2-11)18-6-9-20-10-7-18/h1-5,8H,6-7,9-10H2,(H,17,19). The maximum atomic E-state index is 12.0. The molecule has 2 aromatic rings. The van der Waals surface area contributed by atoms with E-state index in [9.17, 15) is 4.79 Å². The van der Waals surface area contributed by atoms with Crippen LogP contribution in [-0.2, 0) is 4.74 Å². The number of benzene rings is 1. The van der Waals surface area contributed by atoms with Gasteiger partial charge in [0.1, 0.15) is 0 Å². The first-order chi connectivity index (χ1) is 10.2. The van der Waals surface area contributed by atoms with E-state index in [4.69, 9.17) is 20.8 Å². The molecule has 0 bridgehead atoms. The Morgan fingerprint density at radius 2 is 1.86 bits per heavy atom. The molecule has 1 N–H and O–H groups in total. The van der Waals surface area contributed by atoms with E-state index in [1.807, 2.05) is 24.3 Å². The zero-order valence-corrected chi connectivity index (χ0v) is 12.1. The zero-order valence-electron chi connectivity index (χ0n) is 11.3. The maximum Gasteiger partial charge on any atom is 0.260 e. The van der Waals surface area contributed by atoms with Crippen molar-refractivity contribution in [3.05, 3.63) is 47.4 Å². The summed E-state index contributed by atoms with van der Waals surface area (Å²) in [5.74, 6) is -0.284. The molecule has 110 valence electrons. The summed E-state index contributed by atoms with van der Waals surface area (Å²) in [5.41, 5.74) is 2.17. The average Bonchev–Trinajstić information content (AvgIpc) is 2.95. The van der Waals surface area contributed by atoms with Crippen molar-refractivity contribution in [1.29, 1.82) is 0 Å². The average molecular weight is 307 g/mol. The molecule has 0 aliphatic carbocycles. The van der Waals surface area contributed by atoms with Crippen molar-refractivity contribution in [2.75, 3.05) is 36.5 Å². The Balaban J connectivity index is 1.67. The second-order valence-electron chi connectivity index (χ2n) is 4.71. The number of rotatable bonds is 3. The molecule has 1 aromatic heterocycles. The summed E-state index contributed by atoms with van der Waals surface area (Å²) >= 11 is 5.78. The number of morpholine rings is 1. The van der Waals surface area contributed by atoms with Gasteiger partial charge in [0.05, 0.1) is 25.0 Å². The second kappa shape index (κ2) is 6.20. The predicted molar refractivity (Wildman–Crippen MR) is 81.1 cm³/mol. The highest BCUT2D eigenvalue weighted by Gasteiger charge is 2.14. The number of amides is 1. The van der Waals surface area contributed by atoms with Crippen molar-refractivity contribution in [3.8, 4) is 0 Å². The highest BCUT2D eigenvalue weighted by Crippen LogP contribution is 2.21. The SMILES string of the molecule is O=C(Nc1ccc(N2CCOCC2)cc1)c1ccoc1Cl. The van der Waals surface area contributed by atoms with Crippen LogP contribution in [-0.4, -0.2) is 32.2 Å². The predicted octanol–water partition coefficient (Wildman–Crippen LogP) is 3.02. The van der Waals surface area contributed by atoms with Gasteiger partial charge in [0.15, 0.2) is 0 Å². The summed E-state index contributed by atoms with van der Waals surface area (Å²) in [7, 11) is 0. The Bertz CT molecular complexity index is 618. The fraction of sp³-hybridized carbons (Fsp3) is 0.267. The van der Waals surface area contributed by atoms with Gasteiger partial charge >= 0.3 is 0 Å². The van der Waals surface area contributed by atoms with E-state index in [1.54, 1.807) is 6.07 Å². The number of anilines is 2. The first-order valence-corrected chi connectivity index (χ1v) is 7.09. The molecule has 2 heterocycles. The second-order valence-corrected chi connectivity index (χ2v) is 5.05. The van der Waals surface area contributed by atoms with Crippen molar-refractivity contribution in [3.63, 3.8) is 0 Å². The molecule has 0 saturated carbocycles. The molecule has 1 aliphatic rings. The molecule has 21 heavy (non-hydrogen) atoms. The highest BCUT2D eigenvalue weighted by atomic mass is 35.5. The van der Waals surface area contributed by atoms with Crippen LogP contribution in [0.5, 0.6) is 0 Å². The molecule has 1 aromatic carbocycles. The summed E-state index contributed by atoms with van der Waals surface area (Å²) in [6.45, 7) is 3.27. The van der Waals surface area contributed by atoms with E-state index in [2.05, 4.69) is 10.2 Å². The molecule has 3 rings (SSSR count). The lowest BCUT2D eigenvalue weighted by Gasteiger charge is -2.28. The van der Waals surface area contributed by atoms with Crippen LogP contribution in [0.1, 0.15) is 10.4 Å². The smallest absolute Gasteiger partial charge is 0.260 e. The molecular weight excluding hydrogens is 292 g/mol. The quantitative estimate of drug-likeness (QED) is 0.947. The molecule has 0 radical (unpaired) electrons. The Labute approximate surface area is 127 Å². The maximum absolute atomic E-state index is 12.0. The number of hydrogen-bond donors (Lipinski definition) is 1. The van der Waals surface area contributed by atoms with E-state index in [1.165, 1.54) is 6.26 Å². The molecule has 1 fully saturated rings.